The zero-order valence-electron chi connectivity index (χ0n) is 17.0. The monoisotopic (exact) mass is 465 g/mol. The number of piperazine rings is 1. The van der Waals surface area contributed by atoms with Crippen LogP contribution in [0.25, 0.3) is 0 Å². The summed E-state index contributed by atoms with van der Waals surface area (Å²) in [6.45, 7) is 6.81. The van der Waals surface area contributed by atoms with Crippen molar-refractivity contribution in [3.05, 3.63) is 34.3 Å². The lowest BCUT2D eigenvalue weighted by atomic mass is 10.1. The van der Waals surface area contributed by atoms with Crippen molar-refractivity contribution in [2.75, 3.05) is 39.3 Å². The van der Waals surface area contributed by atoms with E-state index in [0.29, 0.717) is 57.2 Å². The van der Waals surface area contributed by atoms with Gasteiger partial charge in [0.1, 0.15) is 6.04 Å². The highest BCUT2D eigenvalue weighted by atomic mass is 79.9. The molecular weight excluding hydrogens is 438 g/mol. The van der Waals surface area contributed by atoms with Crippen LogP contribution in [-0.2, 0) is 9.53 Å². The fraction of sp³-hybridized carbons (Fsp3) is 0.571. The average Bonchev–Trinajstić information content (AvgIpc) is 3.21. The second kappa shape index (κ2) is 9.61. The van der Waals surface area contributed by atoms with E-state index in [9.17, 15) is 14.4 Å². The summed E-state index contributed by atoms with van der Waals surface area (Å²) in [5, 5.41) is 0. The van der Waals surface area contributed by atoms with Crippen molar-refractivity contribution < 1.29 is 19.1 Å². The lowest BCUT2D eigenvalue weighted by Crippen LogP contribution is -2.55. The molecule has 0 saturated carbocycles. The maximum Gasteiger partial charge on any atom is 0.409 e. The summed E-state index contributed by atoms with van der Waals surface area (Å²) >= 11 is 3.37. The van der Waals surface area contributed by atoms with Crippen molar-refractivity contribution in [3.8, 4) is 0 Å². The standard InChI is InChI=1S/C21H28BrN3O4/c1-15(2)14-29-21(28)24-12-10-23(11-13-24)20(27)18-4-3-9-25(18)19(26)16-5-7-17(22)8-6-16/h5-8,15,18H,3-4,9-14H2,1-2H3. The molecule has 2 fully saturated rings. The first kappa shape index (κ1) is 21.6. The molecule has 0 spiro atoms. The summed E-state index contributed by atoms with van der Waals surface area (Å²) in [6.07, 6.45) is 1.18. The molecule has 0 bridgehead atoms. The Hall–Kier alpha value is -2.09. The van der Waals surface area contributed by atoms with Crippen LogP contribution in [0.15, 0.2) is 28.7 Å². The second-order valence-corrected chi connectivity index (χ2v) is 8.86. The van der Waals surface area contributed by atoms with Gasteiger partial charge in [0.25, 0.3) is 5.91 Å². The maximum atomic E-state index is 13.1. The van der Waals surface area contributed by atoms with Gasteiger partial charge in [-0.3, -0.25) is 9.59 Å². The van der Waals surface area contributed by atoms with Gasteiger partial charge >= 0.3 is 6.09 Å². The number of likely N-dealkylation sites (tertiary alicyclic amines) is 1. The molecule has 1 atom stereocenters. The normalized spacial score (nSPS) is 19.6. The maximum absolute atomic E-state index is 13.1. The Morgan fingerprint density at radius 3 is 2.28 bits per heavy atom. The molecule has 3 amide bonds. The molecule has 29 heavy (non-hydrogen) atoms. The Kier molecular flexibility index (Phi) is 7.16. The zero-order chi connectivity index (χ0) is 21.0. The summed E-state index contributed by atoms with van der Waals surface area (Å²) in [6, 6.07) is 6.78. The molecule has 8 heteroatoms. The molecular formula is C21H28BrN3O4. The van der Waals surface area contributed by atoms with E-state index in [-0.39, 0.29) is 17.9 Å². The van der Waals surface area contributed by atoms with Crippen LogP contribution >= 0.6 is 15.9 Å². The first-order valence-corrected chi connectivity index (χ1v) is 10.9. The number of benzene rings is 1. The zero-order valence-corrected chi connectivity index (χ0v) is 18.6. The van der Waals surface area contributed by atoms with E-state index in [4.69, 9.17) is 4.74 Å². The lowest BCUT2D eigenvalue weighted by Gasteiger charge is -2.37. The van der Waals surface area contributed by atoms with E-state index in [1.165, 1.54) is 0 Å². The number of ether oxygens (including phenoxy) is 1. The van der Waals surface area contributed by atoms with Gasteiger partial charge in [-0.15, -0.1) is 0 Å². The molecule has 0 radical (unpaired) electrons. The Morgan fingerprint density at radius 2 is 1.66 bits per heavy atom. The second-order valence-electron chi connectivity index (χ2n) is 7.95. The van der Waals surface area contributed by atoms with Crippen molar-refractivity contribution in [1.29, 1.82) is 0 Å². The van der Waals surface area contributed by atoms with E-state index >= 15 is 0 Å². The molecule has 1 aromatic rings. The number of carbonyl (C=O) groups excluding carboxylic acids is 3. The van der Waals surface area contributed by atoms with Crippen LogP contribution in [0, 0.1) is 5.92 Å². The third-order valence-electron chi connectivity index (χ3n) is 5.28. The van der Waals surface area contributed by atoms with Crippen LogP contribution < -0.4 is 0 Å². The molecule has 1 aromatic carbocycles. The number of hydrogen-bond acceptors (Lipinski definition) is 4. The predicted molar refractivity (Wildman–Crippen MR) is 113 cm³/mol. The van der Waals surface area contributed by atoms with Crippen LogP contribution in [0.3, 0.4) is 0 Å². The fourth-order valence-electron chi connectivity index (χ4n) is 3.67. The van der Waals surface area contributed by atoms with Gasteiger partial charge in [0.2, 0.25) is 5.91 Å². The van der Waals surface area contributed by atoms with Gasteiger partial charge in [-0.2, -0.15) is 0 Å². The van der Waals surface area contributed by atoms with Gasteiger partial charge in [0, 0.05) is 42.8 Å². The Bertz CT molecular complexity index is 745. The molecule has 7 nitrogen and oxygen atoms in total. The molecule has 2 aliphatic rings. The first-order valence-electron chi connectivity index (χ1n) is 10.1. The topological polar surface area (TPSA) is 70.2 Å². The summed E-state index contributed by atoms with van der Waals surface area (Å²) in [4.78, 5) is 43.2. The van der Waals surface area contributed by atoms with Crippen LogP contribution in [-0.4, -0.2) is 78.0 Å². The number of amides is 3. The molecule has 2 saturated heterocycles. The quantitative estimate of drug-likeness (QED) is 0.684. The smallest absolute Gasteiger partial charge is 0.409 e. The fourth-order valence-corrected chi connectivity index (χ4v) is 3.94. The Balaban J connectivity index is 1.56. The van der Waals surface area contributed by atoms with Crippen molar-refractivity contribution in [1.82, 2.24) is 14.7 Å². The highest BCUT2D eigenvalue weighted by Gasteiger charge is 2.38. The summed E-state index contributed by atoms with van der Waals surface area (Å²) in [7, 11) is 0. The SMILES string of the molecule is CC(C)COC(=O)N1CCN(C(=O)C2CCCN2C(=O)c2ccc(Br)cc2)CC1. The Morgan fingerprint density at radius 1 is 1.03 bits per heavy atom. The van der Waals surface area contributed by atoms with Gasteiger partial charge in [0.15, 0.2) is 0 Å². The predicted octanol–water partition coefficient (Wildman–Crippen LogP) is 2.99. The molecule has 0 aromatic heterocycles. The van der Waals surface area contributed by atoms with Gasteiger partial charge in [-0.1, -0.05) is 29.8 Å². The van der Waals surface area contributed by atoms with Crippen LogP contribution in [0.5, 0.6) is 0 Å². The molecule has 0 aliphatic carbocycles. The van der Waals surface area contributed by atoms with Crippen LogP contribution in [0.2, 0.25) is 0 Å². The molecule has 2 aliphatic heterocycles. The highest BCUT2D eigenvalue weighted by molar-refractivity contribution is 9.10. The van der Waals surface area contributed by atoms with Crippen LogP contribution in [0.1, 0.15) is 37.0 Å². The largest absolute Gasteiger partial charge is 0.449 e. The van der Waals surface area contributed by atoms with Gasteiger partial charge in [-0.05, 0) is 43.0 Å². The van der Waals surface area contributed by atoms with Crippen LogP contribution in [0.4, 0.5) is 4.79 Å². The minimum Gasteiger partial charge on any atom is -0.449 e. The molecule has 2 heterocycles. The third-order valence-corrected chi connectivity index (χ3v) is 5.81. The van der Waals surface area contributed by atoms with E-state index < -0.39 is 6.04 Å². The molecule has 158 valence electrons. The van der Waals surface area contributed by atoms with Gasteiger partial charge < -0.3 is 19.4 Å². The lowest BCUT2D eigenvalue weighted by molar-refractivity contribution is -0.136. The number of rotatable bonds is 4. The van der Waals surface area contributed by atoms with Gasteiger partial charge in [-0.25, -0.2) is 4.79 Å². The molecule has 0 N–H and O–H groups in total. The molecule has 1 unspecified atom stereocenters. The van der Waals surface area contributed by atoms with Crippen molar-refractivity contribution in [3.63, 3.8) is 0 Å². The summed E-state index contributed by atoms with van der Waals surface area (Å²) in [5.41, 5.74) is 0.589. The van der Waals surface area contributed by atoms with E-state index in [1.807, 2.05) is 26.0 Å². The molecule has 3 rings (SSSR count). The highest BCUT2D eigenvalue weighted by Crippen LogP contribution is 2.23. The summed E-state index contributed by atoms with van der Waals surface area (Å²) < 4.78 is 6.18. The average molecular weight is 466 g/mol. The number of carbonyl (C=O) groups is 3. The van der Waals surface area contributed by atoms with E-state index in [1.54, 1.807) is 26.8 Å². The van der Waals surface area contributed by atoms with E-state index in [0.717, 1.165) is 10.9 Å². The van der Waals surface area contributed by atoms with Gasteiger partial charge in [0.05, 0.1) is 6.61 Å². The minimum absolute atomic E-state index is 0.0249. The third kappa shape index (κ3) is 5.29. The van der Waals surface area contributed by atoms with E-state index in [2.05, 4.69) is 15.9 Å². The van der Waals surface area contributed by atoms with Crippen molar-refractivity contribution in [2.45, 2.75) is 32.7 Å². The summed E-state index contributed by atoms with van der Waals surface area (Å²) in [5.74, 6) is 0.158. The number of nitrogens with zero attached hydrogens (tertiary/aromatic N) is 3. The number of halogens is 1. The number of hydrogen-bond donors (Lipinski definition) is 0. The first-order chi connectivity index (χ1) is 13.9. The van der Waals surface area contributed by atoms with Crippen molar-refractivity contribution >= 4 is 33.8 Å². The Labute approximate surface area is 180 Å². The minimum atomic E-state index is -0.425. The van der Waals surface area contributed by atoms with Crippen molar-refractivity contribution in [2.24, 2.45) is 5.92 Å².